The number of aryl methyl sites for hydroxylation is 2. The van der Waals surface area contributed by atoms with Crippen LogP contribution in [-0.4, -0.2) is 19.8 Å². The second-order valence-corrected chi connectivity index (χ2v) is 4.65. The van der Waals surface area contributed by atoms with E-state index >= 15 is 0 Å². The van der Waals surface area contributed by atoms with Crippen molar-refractivity contribution < 1.29 is 13.2 Å². The number of alkyl halides is 3. The molecular formula is C12H11F3N4S. The van der Waals surface area contributed by atoms with Crippen molar-refractivity contribution in [1.29, 1.82) is 0 Å². The first-order chi connectivity index (χ1) is 9.20. The molecule has 8 heteroatoms. The summed E-state index contributed by atoms with van der Waals surface area (Å²) in [6, 6.07) is 3.18. The number of nitrogens with zero attached hydrogens (tertiary/aromatic N) is 3. The van der Waals surface area contributed by atoms with Gasteiger partial charge in [0.15, 0.2) is 0 Å². The minimum Gasteiger partial charge on any atom is -0.389 e. The highest BCUT2D eigenvalue weighted by atomic mass is 32.1. The van der Waals surface area contributed by atoms with Gasteiger partial charge in [-0.2, -0.15) is 18.3 Å². The number of benzene rings is 1. The molecule has 106 valence electrons. The van der Waals surface area contributed by atoms with Gasteiger partial charge in [0.05, 0.1) is 11.3 Å². The van der Waals surface area contributed by atoms with E-state index in [4.69, 9.17) is 18.0 Å². The van der Waals surface area contributed by atoms with Crippen LogP contribution in [0.15, 0.2) is 18.2 Å². The number of hydrogen-bond acceptors (Lipinski definition) is 3. The Morgan fingerprint density at radius 3 is 2.40 bits per heavy atom. The van der Waals surface area contributed by atoms with Crippen molar-refractivity contribution in [3.63, 3.8) is 0 Å². The molecule has 0 fully saturated rings. The summed E-state index contributed by atoms with van der Waals surface area (Å²) in [4.78, 5) is 3.98. The van der Waals surface area contributed by atoms with Crippen molar-refractivity contribution in [2.75, 3.05) is 0 Å². The Kier molecular flexibility index (Phi) is 3.51. The Labute approximate surface area is 118 Å². The Hall–Kier alpha value is -1.96. The molecule has 1 aromatic carbocycles. The van der Waals surface area contributed by atoms with Crippen LogP contribution < -0.4 is 5.73 Å². The summed E-state index contributed by atoms with van der Waals surface area (Å²) in [7, 11) is 0. The second kappa shape index (κ2) is 4.86. The summed E-state index contributed by atoms with van der Waals surface area (Å²) in [6.45, 7) is 3.38. The van der Waals surface area contributed by atoms with Crippen molar-refractivity contribution >= 4 is 17.2 Å². The molecule has 2 N–H and O–H groups in total. The van der Waals surface area contributed by atoms with E-state index in [1.807, 2.05) is 0 Å². The van der Waals surface area contributed by atoms with E-state index in [1.54, 1.807) is 13.8 Å². The molecule has 0 aliphatic heterocycles. The average Bonchev–Trinajstić information content (AvgIpc) is 2.66. The van der Waals surface area contributed by atoms with Crippen LogP contribution in [0.2, 0.25) is 0 Å². The number of thiocarbonyl (C=S) groups is 1. The molecule has 0 radical (unpaired) electrons. The summed E-state index contributed by atoms with van der Waals surface area (Å²) < 4.78 is 39.6. The topological polar surface area (TPSA) is 56.7 Å². The molecular weight excluding hydrogens is 289 g/mol. The van der Waals surface area contributed by atoms with Crippen LogP contribution in [0, 0.1) is 13.8 Å². The van der Waals surface area contributed by atoms with E-state index in [2.05, 4.69) is 10.1 Å². The molecule has 2 aromatic rings. The van der Waals surface area contributed by atoms with Gasteiger partial charge in [-0.3, -0.25) is 0 Å². The van der Waals surface area contributed by atoms with Gasteiger partial charge < -0.3 is 5.73 Å². The fraction of sp³-hybridized carbons (Fsp3) is 0.250. The van der Waals surface area contributed by atoms with Crippen LogP contribution in [0.3, 0.4) is 0 Å². The zero-order chi connectivity index (χ0) is 15.1. The molecule has 4 nitrogen and oxygen atoms in total. The SMILES string of the molecule is Cc1nc(C)n(-c2ccc(C(F)(F)F)cc2C(N)=S)n1. The van der Waals surface area contributed by atoms with Crippen LogP contribution in [0.25, 0.3) is 5.69 Å². The standard InChI is InChI=1S/C12H11F3N4S/c1-6-17-7(2)19(18-6)10-4-3-8(12(13,14)15)5-9(10)11(16)20/h3-5H,1-2H3,(H2,16,20). The lowest BCUT2D eigenvalue weighted by Crippen LogP contribution is -2.17. The number of nitrogens with two attached hydrogens (primary N) is 1. The van der Waals surface area contributed by atoms with E-state index in [9.17, 15) is 13.2 Å². The quantitative estimate of drug-likeness (QED) is 0.866. The molecule has 0 aliphatic rings. The van der Waals surface area contributed by atoms with Gasteiger partial charge in [-0.15, -0.1) is 0 Å². The molecule has 0 bridgehead atoms. The lowest BCUT2D eigenvalue weighted by molar-refractivity contribution is -0.137. The molecule has 1 heterocycles. The van der Waals surface area contributed by atoms with Crippen LogP contribution in [0.1, 0.15) is 22.8 Å². The highest BCUT2D eigenvalue weighted by Crippen LogP contribution is 2.31. The summed E-state index contributed by atoms with van der Waals surface area (Å²) in [5, 5.41) is 4.12. The fourth-order valence-electron chi connectivity index (χ4n) is 1.84. The van der Waals surface area contributed by atoms with Gasteiger partial charge in [-0.05, 0) is 32.0 Å². The normalized spacial score (nSPS) is 11.7. The fourth-order valence-corrected chi connectivity index (χ4v) is 2.01. The van der Waals surface area contributed by atoms with Crippen LogP contribution in [0.5, 0.6) is 0 Å². The van der Waals surface area contributed by atoms with Crippen molar-refractivity contribution in [2.24, 2.45) is 5.73 Å². The third-order valence-electron chi connectivity index (χ3n) is 2.69. The smallest absolute Gasteiger partial charge is 0.389 e. The van der Waals surface area contributed by atoms with E-state index in [-0.39, 0.29) is 10.6 Å². The van der Waals surface area contributed by atoms with Gasteiger partial charge in [-0.25, -0.2) is 9.67 Å². The first-order valence-corrected chi connectivity index (χ1v) is 6.02. The maximum Gasteiger partial charge on any atom is 0.416 e. The first kappa shape index (κ1) is 14.4. The van der Waals surface area contributed by atoms with Crippen LogP contribution in [-0.2, 0) is 6.18 Å². The Morgan fingerprint density at radius 1 is 1.30 bits per heavy atom. The van der Waals surface area contributed by atoms with Crippen LogP contribution in [0.4, 0.5) is 13.2 Å². The third kappa shape index (κ3) is 2.64. The van der Waals surface area contributed by atoms with E-state index < -0.39 is 11.7 Å². The van der Waals surface area contributed by atoms with Gasteiger partial charge in [0.1, 0.15) is 16.6 Å². The maximum atomic E-state index is 12.7. The zero-order valence-corrected chi connectivity index (χ0v) is 11.5. The van der Waals surface area contributed by atoms with Crippen molar-refractivity contribution in [1.82, 2.24) is 14.8 Å². The maximum absolute atomic E-state index is 12.7. The summed E-state index contributed by atoms with van der Waals surface area (Å²) in [5.41, 5.74) is 5.21. The average molecular weight is 300 g/mol. The molecule has 0 saturated carbocycles. The molecule has 0 spiro atoms. The molecule has 2 rings (SSSR count). The minimum atomic E-state index is -4.45. The molecule has 0 saturated heterocycles. The number of hydrogen-bond donors (Lipinski definition) is 1. The highest BCUT2D eigenvalue weighted by Gasteiger charge is 2.31. The second-order valence-electron chi connectivity index (χ2n) is 4.21. The molecule has 0 aliphatic carbocycles. The number of aromatic nitrogens is 3. The predicted molar refractivity (Wildman–Crippen MR) is 71.7 cm³/mol. The van der Waals surface area contributed by atoms with Gasteiger partial charge in [0.2, 0.25) is 0 Å². The van der Waals surface area contributed by atoms with Crippen LogP contribution >= 0.6 is 12.2 Å². The zero-order valence-electron chi connectivity index (χ0n) is 10.7. The molecule has 1 aromatic heterocycles. The number of rotatable bonds is 2. The third-order valence-corrected chi connectivity index (χ3v) is 2.91. The van der Waals surface area contributed by atoms with Gasteiger partial charge in [-0.1, -0.05) is 12.2 Å². The molecule has 0 amide bonds. The van der Waals surface area contributed by atoms with Crippen molar-refractivity contribution in [3.8, 4) is 5.69 Å². The van der Waals surface area contributed by atoms with Gasteiger partial charge in [0.25, 0.3) is 0 Å². The van der Waals surface area contributed by atoms with E-state index in [0.29, 0.717) is 17.3 Å². The van der Waals surface area contributed by atoms with E-state index in [0.717, 1.165) is 12.1 Å². The minimum absolute atomic E-state index is 0.114. The number of halogens is 3. The predicted octanol–water partition coefficient (Wildman–Crippen LogP) is 2.54. The first-order valence-electron chi connectivity index (χ1n) is 5.62. The Bertz CT molecular complexity index is 676. The van der Waals surface area contributed by atoms with Gasteiger partial charge >= 0.3 is 6.18 Å². The summed E-state index contributed by atoms with van der Waals surface area (Å²) in [6.07, 6.45) is -4.45. The Balaban J connectivity index is 2.65. The summed E-state index contributed by atoms with van der Waals surface area (Å²) in [5.74, 6) is 1.05. The molecule has 0 unspecified atom stereocenters. The highest BCUT2D eigenvalue weighted by molar-refractivity contribution is 7.80. The lowest BCUT2D eigenvalue weighted by Gasteiger charge is -2.13. The van der Waals surface area contributed by atoms with Crippen molar-refractivity contribution in [2.45, 2.75) is 20.0 Å². The molecule has 0 atom stereocenters. The largest absolute Gasteiger partial charge is 0.416 e. The van der Waals surface area contributed by atoms with Gasteiger partial charge in [0, 0.05) is 5.56 Å². The monoisotopic (exact) mass is 300 g/mol. The molecule has 20 heavy (non-hydrogen) atoms. The Morgan fingerprint density at radius 2 is 1.95 bits per heavy atom. The summed E-state index contributed by atoms with van der Waals surface area (Å²) >= 11 is 4.83. The van der Waals surface area contributed by atoms with Crippen molar-refractivity contribution in [3.05, 3.63) is 41.0 Å². The lowest BCUT2D eigenvalue weighted by atomic mass is 10.1. The van der Waals surface area contributed by atoms with E-state index in [1.165, 1.54) is 10.7 Å².